The van der Waals surface area contributed by atoms with Crippen LogP contribution in [0.4, 0.5) is 0 Å². The molecule has 0 unspecified atom stereocenters. The molecule has 160 valence electrons. The highest BCUT2D eigenvalue weighted by Gasteiger charge is 2.18. The van der Waals surface area contributed by atoms with E-state index in [1.54, 1.807) is 12.1 Å². The molecule has 0 saturated heterocycles. The SMILES string of the molecule is CCOc1cc(C(=O)NCCc2c[nH]c3ccc(C)cc23)cc(OCC)c1OCC. The van der Waals surface area contributed by atoms with Crippen molar-refractivity contribution in [1.29, 1.82) is 0 Å². The van der Waals surface area contributed by atoms with E-state index in [9.17, 15) is 4.79 Å². The first-order chi connectivity index (χ1) is 14.6. The number of hydrogen-bond donors (Lipinski definition) is 2. The van der Waals surface area contributed by atoms with Crippen LogP contribution in [0.5, 0.6) is 17.2 Å². The zero-order valence-electron chi connectivity index (χ0n) is 18.1. The molecular weight excluding hydrogens is 380 g/mol. The number of carbonyl (C=O) groups is 1. The molecule has 6 heteroatoms. The molecule has 0 atom stereocenters. The molecule has 0 spiro atoms. The van der Waals surface area contributed by atoms with E-state index in [4.69, 9.17) is 14.2 Å². The van der Waals surface area contributed by atoms with E-state index < -0.39 is 0 Å². The molecule has 3 rings (SSSR count). The molecule has 2 aromatic carbocycles. The Morgan fingerprint density at radius 2 is 1.63 bits per heavy atom. The number of H-pyrrole nitrogens is 1. The molecule has 1 heterocycles. The van der Waals surface area contributed by atoms with Gasteiger partial charge in [-0.25, -0.2) is 0 Å². The number of fused-ring (bicyclic) bond motifs is 1. The van der Waals surface area contributed by atoms with Crippen LogP contribution in [0.15, 0.2) is 36.5 Å². The molecule has 0 fully saturated rings. The van der Waals surface area contributed by atoms with Gasteiger partial charge in [0.1, 0.15) is 0 Å². The maximum Gasteiger partial charge on any atom is 0.251 e. The summed E-state index contributed by atoms with van der Waals surface area (Å²) in [4.78, 5) is 16.1. The van der Waals surface area contributed by atoms with Crippen LogP contribution in [0, 0.1) is 6.92 Å². The van der Waals surface area contributed by atoms with E-state index in [1.807, 2.05) is 27.0 Å². The molecule has 0 aliphatic rings. The standard InChI is InChI=1S/C24H30N2O4/c1-5-28-21-13-18(14-22(29-6-2)23(21)30-7-3)24(27)25-11-10-17-15-26-20-9-8-16(4)12-19(17)20/h8-9,12-15,26H,5-7,10-11H2,1-4H3,(H,25,27). The number of hydrogen-bond acceptors (Lipinski definition) is 4. The van der Waals surface area contributed by atoms with Gasteiger partial charge in [0.25, 0.3) is 5.91 Å². The Hall–Kier alpha value is -3.15. The first kappa shape index (κ1) is 21.6. The molecule has 6 nitrogen and oxygen atoms in total. The van der Waals surface area contributed by atoms with Crippen LogP contribution in [0.2, 0.25) is 0 Å². The Labute approximate surface area is 177 Å². The van der Waals surface area contributed by atoms with Gasteiger partial charge in [0.05, 0.1) is 19.8 Å². The van der Waals surface area contributed by atoms with Crippen molar-refractivity contribution in [3.63, 3.8) is 0 Å². The summed E-state index contributed by atoms with van der Waals surface area (Å²) in [5.74, 6) is 1.40. The Bertz CT molecular complexity index is 983. The van der Waals surface area contributed by atoms with Crippen LogP contribution in [0.25, 0.3) is 10.9 Å². The van der Waals surface area contributed by atoms with E-state index in [1.165, 1.54) is 16.5 Å². The van der Waals surface area contributed by atoms with Crippen molar-refractivity contribution in [3.05, 3.63) is 53.2 Å². The third-order valence-electron chi connectivity index (χ3n) is 4.77. The second-order valence-electron chi connectivity index (χ2n) is 6.97. The highest BCUT2D eigenvalue weighted by atomic mass is 16.5. The van der Waals surface area contributed by atoms with Crippen molar-refractivity contribution in [1.82, 2.24) is 10.3 Å². The smallest absolute Gasteiger partial charge is 0.251 e. The van der Waals surface area contributed by atoms with E-state index in [-0.39, 0.29) is 5.91 Å². The summed E-state index contributed by atoms with van der Waals surface area (Å²) in [6.45, 7) is 9.72. The van der Waals surface area contributed by atoms with E-state index in [2.05, 4.69) is 35.4 Å². The largest absolute Gasteiger partial charge is 0.490 e. The molecule has 0 radical (unpaired) electrons. The second-order valence-corrected chi connectivity index (χ2v) is 6.97. The minimum Gasteiger partial charge on any atom is -0.490 e. The number of amides is 1. The van der Waals surface area contributed by atoms with Gasteiger partial charge < -0.3 is 24.5 Å². The number of aromatic nitrogens is 1. The quantitative estimate of drug-likeness (QED) is 0.511. The van der Waals surface area contributed by atoms with Crippen molar-refractivity contribution in [2.24, 2.45) is 0 Å². The van der Waals surface area contributed by atoms with Crippen molar-refractivity contribution >= 4 is 16.8 Å². The maximum absolute atomic E-state index is 12.8. The van der Waals surface area contributed by atoms with Crippen molar-refractivity contribution < 1.29 is 19.0 Å². The summed E-state index contributed by atoms with van der Waals surface area (Å²) in [5, 5.41) is 4.20. The molecule has 0 saturated carbocycles. The molecule has 0 aliphatic carbocycles. The number of nitrogens with one attached hydrogen (secondary N) is 2. The van der Waals surface area contributed by atoms with Crippen LogP contribution < -0.4 is 19.5 Å². The summed E-state index contributed by atoms with van der Waals surface area (Å²) in [6.07, 6.45) is 2.75. The van der Waals surface area contributed by atoms with Crippen molar-refractivity contribution in [2.45, 2.75) is 34.1 Å². The van der Waals surface area contributed by atoms with Gasteiger partial charge in [0.2, 0.25) is 5.75 Å². The number of rotatable bonds is 10. The minimum absolute atomic E-state index is 0.170. The Balaban J connectivity index is 1.74. The number of ether oxygens (including phenoxy) is 3. The van der Waals surface area contributed by atoms with Gasteiger partial charge in [-0.1, -0.05) is 11.6 Å². The van der Waals surface area contributed by atoms with Crippen LogP contribution in [-0.4, -0.2) is 37.3 Å². The van der Waals surface area contributed by atoms with Gasteiger partial charge in [-0.2, -0.15) is 0 Å². The topological polar surface area (TPSA) is 72.6 Å². The van der Waals surface area contributed by atoms with Crippen LogP contribution in [-0.2, 0) is 6.42 Å². The third kappa shape index (κ3) is 4.87. The number of carbonyl (C=O) groups excluding carboxylic acids is 1. The highest BCUT2D eigenvalue weighted by Crippen LogP contribution is 2.39. The molecule has 2 N–H and O–H groups in total. The number of benzene rings is 2. The normalized spacial score (nSPS) is 10.8. The third-order valence-corrected chi connectivity index (χ3v) is 4.77. The lowest BCUT2D eigenvalue weighted by Gasteiger charge is -2.17. The fraction of sp³-hybridized carbons (Fsp3) is 0.375. The second kappa shape index (κ2) is 10.1. The average Bonchev–Trinajstić information content (AvgIpc) is 3.12. The van der Waals surface area contributed by atoms with E-state index in [0.717, 1.165) is 11.9 Å². The van der Waals surface area contributed by atoms with Crippen LogP contribution in [0.3, 0.4) is 0 Å². The highest BCUT2D eigenvalue weighted by molar-refractivity contribution is 5.95. The molecule has 30 heavy (non-hydrogen) atoms. The van der Waals surface area contributed by atoms with E-state index >= 15 is 0 Å². The lowest BCUT2D eigenvalue weighted by Crippen LogP contribution is -2.25. The van der Waals surface area contributed by atoms with E-state index in [0.29, 0.717) is 49.2 Å². The predicted octanol–water partition coefficient (Wildman–Crippen LogP) is 4.64. The lowest BCUT2D eigenvalue weighted by molar-refractivity contribution is 0.0953. The molecule has 1 amide bonds. The first-order valence-electron chi connectivity index (χ1n) is 10.5. The molecule has 0 bridgehead atoms. The van der Waals surface area contributed by atoms with Gasteiger partial charge in [-0.15, -0.1) is 0 Å². The molecule has 1 aromatic heterocycles. The molecule has 0 aliphatic heterocycles. The fourth-order valence-corrected chi connectivity index (χ4v) is 3.43. The van der Waals surface area contributed by atoms with Gasteiger partial charge in [-0.05, 0) is 63.9 Å². The number of aromatic amines is 1. The zero-order valence-corrected chi connectivity index (χ0v) is 18.1. The average molecular weight is 411 g/mol. The summed E-state index contributed by atoms with van der Waals surface area (Å²) in [5.41, 5.74) is 4.00. The summed E-state index contributed by atoms with van der Waals surface area (Å²) in [7, 11) is 0. The Kier molecular flexibility index (Phi) is 7.22. The zero-order chi connectivity index (χ0) is 21.5. The van der Waals surface area contributed by atoms with Gasteiger partial charge in [-0.3, -0.25) is 4.79 Å². The maximum atomic E-state index is 12.8. The minimum atomic E-state index is -0.170. The van der Waals surface area contributed by atoms with Gasteiger partial charge in [0.15, 0.2) is 11.5 Å². The summed E-state index contributed by atoms with van der Waals surface area (Å²) < 4.78 is 17.1. The van der Waals surface area contributed by atoms with Crippen LogP contribution in [0.1, 0.15) is 42.3 Å². The Morgan fingerprint density at radius 3 is 2.27 bits per heavy atom. The molecule has 3 aromatic rings. The fourth-order valence-electron chi connectivity index (χ4n) is 3.43. The van der Waals surface area contributed by atoms with Crippen LogP contribution >= 0.6 is 0 Å². The lowest BCUT2D eigenvalue weighted by atomic mass is 10.1. The predicted molar refractivity (Wildman–Crippen MR) is 119 cm³/mol. The Morgan fingerprint density at radius 1 is 0.967 bits per heavy atom. The number of aryl methyl sites for hydroxylation is 1. The van der Waals surface area contributed by atoms with Gasteiger partial charge in [0, 0.05) is 29.2 Å². The monoisotopic (exact) mass is 410 g/mol. The molecular formula is C24H30N2O4. The summed E-state index contributed by atoms with van der Waals surface area (Å²) >= 11 is 0. The van der Waals surface area contributed by atoms with Crippen molar-refractivity contribution in [2.75, 3.05) is 26.4 Å². The first-order valence-corrected chi connectivity index (χ1v) is 10.5. The van der Waals surface area contributed by atoms with Gasteiger partial charge >= 0.3 is 0 Å². The van der Waals surface area contributed by atoms with Crippen molar-refractivity contribution in [3.8, 4) is 17.2 Å². The summed E-state index contributed by atoms with van der Waals surface area (Å²) in [6, 6.07) is 9.75.